The third-order valence-electron chi connectivity index (χ3n) is 4.97. The maximum absolute atomic E-state index is 12.2. The molecule has 0 bridgehead atoms. The molecule has 0 spiro atoms. The Morgan fingerprint density at radius 3 is 2.61 bits per heavy atom. The summed E-state index contributed by atoms with van der Waals surface area (Å²) in [5.41, 5.74) is 7.08. The predicted molar refractivity (Wildman–Crippen MR) is 126 cm³/mol. The first-order valence-corrected chi connectivity index (χ1v) is 10.6. The van der Waals surface area contributed by atoms with E-state index in [1.807, 2.05) is 79.0 Å². The van der Waals surface area contributed by atoms with E-state index in [1.54, 1.807) is 6.21 Å². The lowest BCUT2D eigenvalue weighted by molar-refractivity contribution is -0.120. The highest BCUT2D eigenvalue weighted by atomic mass is 79.9. The van der Waals surface area contributed by atoms with Crippen molar-refractivity contribution in [2.75, 3.05) is 0 Å². The number of rotatable bonds is 6. The van der Waals surface area contributed by atoms with Gasteiger partial charge in [0.15, 0.2) is 0 Å². The number of halogens is 1. The average molecular weight is 471 g/mol. The van der Waals surface area contributed by atoms with Gasteiger partial charge in [-0.1, -0.05) is 64.5 Å². The molecule has 6 heteroatoms. The van der Waals surface area contributed by atoms with E-state index in [4.69, 9.17) is 0 Å². The Balaban J connectivity index is 1.52. The molecular formula is C25H19BrN4O. The van der Waals surface area contributed by atoms with Crippen LogP contribution in [0.5, 0.6) is 0 Å². The number of fused-ring (bicyclic) bond motifs is 1. The lowest BCUT2D eigenvalue weighted by Gasteiger charge is -2.07. The van der Waals surface area contributed by atoms with Crippen LogP contribution < -0.4 is 5.43 Å². The number of para-hydroxylation sites is 1. The molecule has 152 valence electrons. The van der Waals surface area contributed by atoms with Crippen LogP contribution in [0.4, 0.5) is 0 Å². The number of nitrogens with zero attached hydrogens (tertiary/aromatic N) is 3. The Morgan fingerprint density at radius 1 is 1.06 bits per heavy atom. The number of nitriles is 1. The molecule has 4 rings (SSSR count). The Hall–Kier alpha value is -3.69. The second-order valence-corrected chi connectivity index (χ2v) is 8.01. The fourth-order valence-corrected chi connectivity index (χ4v) is 3.72. The van der Waals surface area contributed by atoms with Crippen molar-refractivity contribution in [3.05, 3.63) is 106 Å². The van der Waals surface area contributed by atoms with Crippen LogP contribution in [0.25, 0.3) is 10.9 Å². The van der Waals surface area contributed by atoms with Crippen molar-refractivity contribution < 1.29 is 4.79 Å². The number of carbonyl (C=O) groups is 1. The molecular weight excluding hydrogens is 452 g/mol. The Morgan fingerprint density at radius 2 is 1.81 bits per heavy atom. The van der Waals surface area contributed by atoms with Crippen molar-refractivity contribution in [3.63, 3.8) is 0 Å². The summed E-state index contributed by atoms with van der Waals surface area (Å²) in [6.45, 7) is 0.577. The molecule has 1 N–H and O–H groups in total. The van der Waals surface area contributed by atoms with Gasteiger partial charge in [0.1, 0.15) is 0 Å². The molecule has 0 aliphatic heterocycles. The molecule has 0 aliphatic rings. The number of benzene rings is 3. The van der Waals surface area contributed by atoms with Gasteiger partial charge in [0.2, 0.25) is 5.91 Å². The van der Waals surface area contributed by atoms with Crippen molar-refractivity contribution in [1.29, 1.82) is 5.26 Å². The lowest BCUT2D eigenvalue weighted by Crippen LogP contribution is -2.19. The number of hydrazone groups is 1. The van der Waals surface area contributed by atoms with Crippen LogP contribution in [0.15, 0.2) is 88.6 Å². The zero-order valence-electron chi connectivity index (χ0n) is 16.6. The fourth-order valence-electron chi connectivity index (χ4n) is 3.46. The zero-order chi connectivity index (χ0) is 21.6. The second-order valence-electron chi connectivity index (χ2n) is 7.09. The maximum atomic E-state index is 12.2. The fraction of sp³-hybridized carbons (Fsp3) is 0.0800. The van der Waals surface area contributed by atoms with Crippen molar-refractivity contribution in [3.8, 4) is 6.07 Å². The predicted octanol–water partition coefficient (Wildman–Crippen LogP) is 5.02. The first kappa shape index (κ1) is 20.6. The zero-order valence-corrected chi connectivity index (χ0v) is 18.2. The number of aromatic nitrogens is 1. The van der Waals surface area contributed by atoms with Gasteiger partial charge in [-0.05, 0) is 35.4 Å². The van der Waals surface area contributed by atoms with Gasteiger partial charge < -0.3 is 4.57 Å². The minimum Gasteiger partial charge on any atom is -0.342 e. The summed E-state index contributed by atoms with van der Waals surface area (Å²) in [6, 6.07) is 25.5. The minimum absolute atomic E-state index is 0.176. The number of nitrogens with one attached hydrogen (secondary N) is 1. The Labute approximate surface area is 188 Å². The number of carbonyl (C=O) groups excluding carboxylic acids is 1. The molecule has 0 saturated carbocycles. The van der Waals surface area contributed by atoms with Gasteiger partial charge in [0.25, 0.3) is 0 Å². The molecule has 3 aromatic carbocycles. The summed E-state index contributed by atoms with van der Waals surface area (Å²) in [5, 5.41) is 14.6. The Bertz CT molecular complexity index is 1300. The summed E-state index contributed by atoms with van der Waals surface area (Å²) in [6.07, 6.45) is 3.91. The number of hydrogen-bond donors (Lipinski definition) is 1. The monoisotopic (exact) mass is 470 g/mol. The van der Waals surface area contributed by atoms with Crippen LogP contribution in [0, 0.1) is 11.3 Å². The van der Waals surface area contributed by atoms with Crippen LogP contribution >= 0.6 is 15.9 Å². The van der Waals surface area contributed by atoms with Crippen molar-refractivity contribution in [2.45, 2.75) is 13.0 Å². The molecule has 0 aliphatic carbocycles. The highest BCUT2D eigenvalue weighted by Gasteiger charge is 2.09. The van der Waals surface area contributed by atoms with E-state index in [1.165, 1.54) is 0 Å². The van der Waals surface area contributed by atoms with E-state index >= 15 is 0 Å². The van der Waals surface area contributed by atoms with Gasteiger partial charge in [0.05, 0.1) is 24.3 Å². The minimum atomic E-state index is -0.176. The third kappa shape index (κ3) is 4.90. The molecule has 5 nitrogen and oxygen atoms in total. The quantitative estimate of drug-likeness (QED) is 0.317. The van der Waals surface area contributed by atoms with E-state index in [0.717, 1.165) is 32.1 Å². The van der Waals surface area contributed by atoms with Gasteiger partial charge in [-0.15, -0.1) is 0 Å². The van der Waals surface area contributed by atoms with Crippen LogP contribution in [0.1, 0.15) is 22.3 Å². The van der Waals surface area contributed by atoms with Gasteiger partial charge >= 0.3 is 0 Å². The second kappa shape index (κ2) is 9.41. The molecule has 1 heterocycles. The molecule has 0 radical (unpaired) electrons. The molecule has 0 atom stereocenters. The highest BCUT2D eigenvalue weighted by Crippen LogP contribution is 2.22. The van der Waals surface area contributed by atoms with Crippen molar-refractivity contribution in [1.82, 2.24) is 9.99 Å². The van der Waals surface area contributed by atoms with E-state index in [-0.39, 0.29) is 12.3 Å². The number of hydrogen-bond acceptors (Lipinski definition) is 3. The summed E-state index contributed by atoms with van der Waals surface area (Å²) < 4.78 is 3.07. The van der Waals surface area contributed by atoms with Crippen LogP contribution in [-0.2, 0) is 17.8 Å². The van der Waals surface area contributed by atoms with Crippen molar-refractivity contribution in [2.24, 2.45) is 5.10 Å². The summed E-state index contributed by atoms with van der Waals surface area (Å²) >= 11 is 3.39. The van der Waals surface area contributed by atoms with Crippen LogP contribution in [-0.4, -0.2) is 16.7 Å². The number of amides is 1. The topological polar surface area (TPSA) is 70.2 Å². The van der Waals surface area contributed by atoms with Gasteiger partial charge in [-0.25, -0.2) is 5.43 Å². The summed E-state index contributed by atoms with van der Waals surface area (Å²) in [5.74, 6) is -0.176. The van der Waals surface area contributed by atoms with Gasteiger partial charge in [-0.2, -0.15) is 10.4 Å². The largest absolute Gasteiger partial charge is 0.342 e. The summed E-state index contributed by atoms with van der Waals surface area (Å²) in [7, 11) is 0. The van der Waals surface area contributed by atoms with Gasteiger partial charge in [-0.3, -0.25) is 4.79 Å². The van der Waals surface area contributed by atoms with E-state index < -0.39 is 0 Å². The summed E-state index contributed by atoms with van der Waals surface area (Å²) in [4.78, 5) is 12.2. The first-order valence-electron chi connectivity index (χ1n) is 9.76. The average Bonchev–Trinajstić information content (AvgIpc) is 3.13. The van der Waals surface area contributed by atoms with E-state index in [2.05, 4.69) is 37.1 Å². The molecule has 1 aromatic heterocycles. The van der Waals surface area contributed by atoms with Crippen molar-refractivity contribution >= 4 is 39.0 Å². The van der Waals surface area contributed by atoms with Crippen LogP contribution in [0.3, 0.4) is 0 Å². The Kier molecular flexibility index (Phi) is 6.25. The first-order chi connectivity index (χ1) is 15.1. The third-order valence-corrected chi connectivity index (χ3v) is 5.50. The lowest BCUT2D eigenvalue weighted by atomic mass is 10.1. The van der Waals surface area contributed by atoms with E-state index in [0.29, 0.717) is 12.1 Å². The maximum Gasteiger partial charge on any atom is 0.244 e. The molecule has 1 amide bonds. The normalized spacial score (nSPS) is 11.0. The highest BCUT2D eigenvalue weighted by molar-refractivity contribution is 9.10. The molecule has 0 saturated heterocycles. The standard InChI is InChI=1S/C25H19BrN4O/c26-22-11-9-18(10-12-22)13-25(31)29-28-15-21-17-30(24-8-4-3-7-23(21)24)16-20-6-2-1-5-19(20)14-27/h1-12,15,17H,13,16H2,(H,29,31)/b28-15+. The molecule has 4 aromatic rings. The SMILES string of the molecule is N#Cc1ccccc1Cn1cc(/C=N/NC(=O)Cc2ccc(Br)cc2)c2ccccc21. The molecule has 0 unspecified atom stereocenters. The molecule has 31 heavy (non-hydrogen) atoms. The smallest absolute Gasteiger partial charge is 0.244 e. The molecule has 0 fully saturated rings. The van der Waals surface area contributed by atoms with Gasteiger partial charge in [0, 0.05) is 33.7 Å². The van der Waals surface area contributed by atoms with E-state index in [9.17, 15) is 10.1 Å². The van der Waals surface area contributed by atoms with Crippen LogP contribution in [0.2, 0.25) is 0 Å².